The Morgan fingerprint density at radius 3 is 2.41 bits per heavy atom. The molecule has 0 aliphatic carbocycles. The van der Waals surface area contributed by atoms with E-state index in [0.29, 0.717) is 38.2 Å². The van der Waals surface area contributed by atoms with Crippen LogP contribution in [-0.2, 0) is 21.4 Å². The first kappa shape index (κ1) is 23.7. The minimum atomic E-state index is -3.64. The lowest BCUT2D eigenvalue weighted by Crippen LogP contribution is -2.47. The molecule has 1 saturated heterocycles. The number of nitrogens with zero attached hydrogens (tertiary/aromatic N) is 2. The number of anilines is 1. The molecule has 0 spiro atoms. The molecular weight excluding hydrogens is 430 g/mol. The van der Waals surface area contributed by atoms with E-state index < -0.39 is 16.1 Å². The van der Waals surface area contributed by atoms with Crippen LogP contribution in [0.2, 0.25) is 0 Å². The summed E-state index contributed by atoms with van der Waals surface area (Å²) < 4.78 is 27.3. The summed E-state index contributed by atoms with van der Waals surface area (Å²) in [6, 6.07) is 9.34. The van der Waals surface area contributed by atoms with Crippen molar-refractivity contribution in [2.45, 2.75) is 44.2 Å². The molecule has 3 rings (SSSR count). The van der Waals surface area contributed by atoms with Crippen LogP contribution >= 0.6 is 0 Å². The van der Waals surface area contributed by atoms with E-state index in [-0.39, 0.29) is 22.8 Å². The lowest BCUT2D eigenvalue weighted by atomic mass is 10.1. The van der Waals surface area contributed by atoms with E-state index in [1.807, 2.05) is 19.9 Å². The van der Waals surface area contributed by atoms with E-state index in [4.69, 9.17) is 0 Å². The van der Waals surface area contributed by atoms with Crippen molar-refractivity contribution in [3.63, 3.8) is 0 Å². The second-order valence-corrected chi connectivity index (χ2v) is 9.97. The van der Waals surface area contributed by atoms with Gasteiger partial charge in [0.2, 0.25) is 15.9 Å². The number of nitrogens with one attached hydrogen (secondary N) is 3. The number of carbonyl (C=O) groups is 2. The van der Waals surface area contributed by atoms with Crippen LogP contribution in [0.1, 0.15) is 32.3 Å². The monoisotopic (exact) mass is 459 g/mol. The van der Waals surface area contributed by atoms with Gasteiger partial charge in [0.1, 0.15) is 0 Å². The molecule has 0 radical (unpaired) electrons. The zero-order valence-corrected chi connectivity index (χ0v) is 19.1. The molecule has 0 saturated carbocycles. The molecule has 2 aromatic rings. The molecule has 1 aliphatic heterocycles. The quantitative estimate of drug-likeness (QED) is 0.587. The number of sulfonamides is 1. The van der Waals surface area contributed by atoms with Gasteiger partial charge in [-0.1, -0.05) is 19.9 Å². The summed E-state index contributed by atoms with van der Waals surface area (Å²) in [4.78, 5) is 28.1. The largest absolute Gasteiger partial charge is 0.353 e. The Morgan fingerprint density at radius 2 is 1.81 bits per heavy atom. The smallest absolute Gasteiger partial charge is 0.319 e. The van der Waals surface area contributed by atoms with Crippen LogP contribution in [0.25, 0.3) is 0 Å². The maximum atomic E-state index is 13.0. The maximum Gasteiger partial charge on any atom is 0.319 e. The molecule has 0 bridgehead atoms. The summed E-state index contributed by atoms with van der Waals surface area (Å²) in [7, 11) is -3.64. The Balaban J connectivity index is 1.52. The number of urea groups is 1. The van der Waals surface area contributed by atoms with E-state index in [9.17, 15) is 18.0 Å². The van der Waals surface area contributed by atoms with E-state index in [2.05, 4.69) is 20.9 Å². The summed E-state index contributed by atoms with van der Waals surface area (Å²) in [6.45, 7) is 4.69. The highest BCUT2D eigenvalue weighted by atomic mass is 32.2. The highest BCUT2D eigenvalue weighted by molar-refractivity contribution is 7.89. The zero-order chi connectivity index (χ0) is 23.1. The Kier molecular flexibility index (Phi) is 7.81. The summed E-state index contributed by atoms with van der Waals surface area (Å²) in [5, 5.41) is 8.37. The zero-order valence-electron chi connectivity index (χ0n) is 18.2. The summed E-state index contributed by atoms with van der Waals surface area (Å²) in [6.07, 6.45) is 4.48. The Hall–Kier alpha value is -2.98. The topological polar surface area (TPSA) is 121 Å². The molecule has 0 atom stereocenters. The number of hydrogen-bond acceptors (Lipinski definition) is 5. The van der Waals surface area contributed by atoms with E-state index in [1.165, 1.54) is 16.4 Å². The van der Waals surface area contributed by atoms with Crippen LogP contribution in [0.5, 0.6) is 0 Å². The highest BCUT2D eigenvalue weighted by Gasteiger charge is 2.30. The minimum absolute atomic E-state index is 0.00638. The summed E-state index contributed by atoms with van der Waals surface area (Å²) in [5.41, 5.74) is 1.36. The van der Waals surface area contributed by atoms with E-state index in [0.717, 1.165) is 5.56 Å². The van der Waals surface area contributed by atoms with Crippen LogP contribution in [0.4, 0.5) is 10.5 Å². The number of amides is 3. The molecule has 3 amide bonds. The number of rotatable bonds is 7. The van der Waals surface area contributed by atoms with Crippen LogP contribution in [0.3, 0.4) is 0 Å². The van der Waals surface area contributed by atoms with Crippen LogP contribution in [-0.4, -0.2) is 48.8 Å². The first-order valence-electron chi connectivity index (χ1n) is 10.6. The lowest BCUT2D eigenvalue weighted by molar-refractivity contribution is -0.124. The van der Waals surface area contributed by atoms with Gasteiger partial charge in [0, 0.05) is 49.7 Å². The van der Waals surface area contributed by atoms with Crippen molar-refractivity contribution in [3.05, 3.63) is 54.4 Å². The van der Waals surface area contributed by atoms with E-state index >= 15 is 0 Å². The first-order valence-corrected chi connectivity index (χ1v) is 12.0. The molecule has 10 heteroatoms. The fourth-order valence-electron chi connectivity index (χ4n) is 3.33. The highest BCUT2D eigenvalue weighted by Crippen LogP contribution is 2.22. The summed E-state index contributed by atoms with van der Waals surface area (Å²) in [5.74, 6) is -0.111. The second kappa shape index (κ2) is 10.6. The average molecular weight is 460 g/mol. The van der Waals surface area contributed by atoms with Crippen molar-refractivity contribution in [2.75, 3.05) is 18.4 Å². The molecule has 32 heavy (non-hydrogen) atoms. The van der Waals surface area contributed by atoms with Crippen LogP contribution < -0.4 is 16.0 Å². The van der Waals surface area contributed by atoms with Crippen molar-refractivity contribution >= 4 is 27.6 Å². The molecule has 2 heterocycles. The molecule has 1 aromatic carbocycles. The minimum Gasteiger partial charge on any atom is -0.353 e. The van der Waals surface area contributed by atoms with Gasteiger partial charge in [-0.05, 0) is 48.7 Å². The fourth-order valence-corrected chi connectivity index (χ4v) is 4.80. The third kappa shape index (κ3) is 6.27. The Labute approximate surface area is 188 Å². The predicted octanol–water partition coefficient (Wildman–Crippen LogP) is 2.33. The van der Waals surface area contributed by atoms with Gasteiger partial charge >= 0.3 is 6.03 Å². The number of hydrogen-bond donors (Lipinski definition) is 3. The molecule has 1 aromatic heterocycles. The van der Waals surface area contributed by atoms with Gasteiger partial charge in [-0.15, -0.1) is 0 Å². The van der Waals surface area contributed by atoms with E-state index in [1.54, 1.807) is 30.6 Å². The van der Waals surface area contributed by atoms with Gasteiger partial charge in [-0.25, -0.2) is 13.2 Å². The van der Waals surface area contributed by atoms with Crippen molar-refractivity contribution in [3.8, 4) is 0 Å². The number of pyridine rings is 1. The number of aromatic nitrogens is 1. The Bertz CT molecular complexity index is 1020. The number of benzene rings is 1. The van der Waals surface area contributed by atoms with Gasteiger partial charge < -0.3 is 16.0 Å². The molecule has 172 valence electrons. The van der Waals surface area contributed by atoms with Gasteiger partial charge in [0.25, 0.3) is 0 Å². The SMILES string of the molecule is CC(C)C(=O)NC1CCN(S(=O)(=O)c2ccc(NC(=O)NCc3cccnc3)cc2)CC1. The third-order valence-electron chi connectivity index (χ3n) is 5.25. The molecule has 9 nitrogen and oxygen atoms in total. The predicted molar refractivity (Wildman–Crippen MR) is 121 cm³/mol. The van der Waals surface area contributed by atoms with Gasteiger partial charge in [-0.2, -0.15) is 4.31 Å². The van der Waals surface area contributed by atoms with Crippen molar-refractivity contribution in [2.24, 2.45) is 5.92 Å². The first-order chi connectivity index (χ1) is 15.3. The molecule has 1 aliphatic rings. The molecule has 0 unspecified atom stereocenters. The van der Waals surface area contributed by atoms with Gasteiger partial charge in [0.05, 0.1) is 4.90 Å². The number of carbonyl (C=O) groups excluding carboxylic acids is 2. The summed E-state index contributed by atoms with van der Waals surface area (Å²) >= 11 is 0. The number of piperidine rings is 1. The van der Waals surface area contributed by atoms with Crippen LogP contribution in [0, 0.1) is 5.92 Å². The Morgan fingerprint density at radius 1 is 1.12 bits per heavy atom. The van der Waals surface area contributed by atoms with Crippen molar-refractivity contribution in [1.29, 1.82) is 0 Å². The van der Waals surface area contributed by atoms with Gasteiger partial charge in [-0.3, -0.25) is 9.78 Å². The average Bonchev–Trinajstić information content (AvgIpc) is 2.79. The maximum absolute atomic E-state index is 13.0. The molecule has 1 fully saturated rings. The second-order valence-electron chi connectivity index (χ2n) is 8.03. The van der Waals surface area contributed by atoms with Crippen molar-refractivity contribution < 1.29 is 18.0 Å². The molecular formula is C22H29N5O4S. The van der Waals surface area contributed by atoms with Gasteiger partial charge in [0.15, 0.2) is 0 Å². The van der Waals surface area contributed by atoms with Crippen molar-refractivity contribution in [1.82, 2.24) is 19.9 Å². The fraction of sp³-hybridized carbons (Fsp3) is 0.409. The lowest BCUT2D eigenvalue weighted by Gasteiger charge is -2.32. The molecule has 3 N–H and O–H groups in total. The third-order valence-corrected chi connectivity index (χ3v) is 7.16. The van der Waals surface area contributed by atoms with Crippen LogP contribution in [0.15, 0.2) is 53.7 Å². The normalized spacial score (nSPS) is 15.3. The standard InChI is InChI=1S/C22H29N5O4S/c1-16(2)21(28)25-19-9-12-27(13-10-19)32(30,31)20-7-5-18(6-8-20)26-22(29)24-15-17-4-3-11-23-14-17/h3-8,11,14,16,19H,9-10,12-13,15H2,1-2H3,(H,25,28)(H2,24,26,29).